The minimum atomic E-state index is -0.997. The lowest BCUT2D eigenvalue weighted by atomic mass is 10.0. The van der Waals surface area contributed by atoms with E-state index in [9.17, 15) is 9.90 Å². The zero-order valence-electron chi connectivity index (χ0n) is 11.4. The molecule has 0 fully saturated rings. The molecule has 22 heavy (non-hydrogen) atoms. The first-order valence-electron chi connectivity index (χ1n) is 6.22. The van der Waals surface area contributed by atoms with Gasteiger partial charge >= 0.3 is 5.97 Å². The second kappa shape index (κ2) is 6.68. The minimum absolute atomic E-state index is 0.0149. The lowest BCUT2D eigenvalue weighted by Crippen LogP contribution is -2.23. The quantitative estimate of drug-likeness (QED) is 0.390. The zero-order valence-corrected chi connectivity index (χ0v) is 12.2. The van der Waals surface area contributed by atoms with Crippen molar-refractivity contribution < 1.29 is 15.0 Å². The van der Waals surface area contributed by atoms with E-state index in [4.69, 9.17) is 10.8 Å². The molecule has 0 aromatic heterocycles. The van der Waals surface area contributed by atoms with Gasteiger partial charge in [-0.25, -0.2) is 4.79 Å². The van der Waals surface area contributed by atoms with E-state index in [0.717, 1.165) is 11.1 Å². The molecule has 5 N–H and O–H groups in total. The van der Waals surface area contributed by atoms with Gasteiger partial charge in [-0.1, -0.05) is 18.2 Å². The van der Waals surface area contributed by atoms with Gasteiger partial charge < -0.3 is 15.9 Å². The summed E-state index contributed by atoms with van der Waals surface area (Å²) < 4.78 is 0. The Morgan fingerprint density at radius 1 is 1.23 bits per heavy atom. The minimum Gasteiger partial charge on any atom is -0.507 e. The number of hydrazone groups is 1. The number of thiocarbonyl (C=S) groups is 1. The molecule has 0 bridgehead atoms. The SMILES string of the molecule is NC(=S)NN=Cc1cc(-c2cccc(C(=O)O)c2)ccc1O. The van der Waals surface area contributed by atoms with Crippen LogP contribution in [0, 0.1) is 0 Å². The van der Waals surface area contributed by atoms with Gasteiger partial charge in [-0.2, -0.15) is 5.10 Å². The maximum Gasteiger partial charge on any atom is 0.335 e. The molecular weight excluding hydrogens is 302 g/mol. The van der Waals surface area contributed by atoms with Gasteiger partial charge in [0.15, 0.2) is 5.11 Å². The van der Waals surface area contributed by atoms with Crippen LogP contribution in [0.25, 0.3) is 11.1 Å². The number of hydrogen-bond acceptors (Lipinski definition) is 4. The van der Waals surface area contributed by atoms with E-state index >= 15 is 0 Å². The highest BCUT2D eigenvalue weighted by molar-refractivity contribution is 7.80. The zero-order chi connectivity index (χ0) is 16.1. The van der Waals surface area contributed by atoms with Gasteiger partial charge in [-0.15, -0.1) is 0 Å². The molecule has 0 aliphatic carbocycles. The molecule has 0 radical (unpaired) electrons. The van der Waals surface area contributed by atoms with Crippen molar-refractivity contribution in [2.24, 2.45) is 10.8 Å². The molecule has 0 unspecified atom stereocenters. The third kappa shape index (κ3) is 3.80. The average molecular weight is 315 g/mol. The molecule has 112 valence electrons. The molecule has 0 saturated heterocycles. The largest absolute Gasteiger partial charge is 0.507 e. The summed E-state index contributed by atoms with van der Waals surface area (Å²) in [5.41, 5.74) is 9.75. The first-order chi connectivity index (χ1) is 10.5. The molecule has 0 spiro atoms. The Labute approximate surface area is 131 Å². The number of carboxylic acid groups (broad SMARTS) is 1. The predicted octanol–water partition coefficient (Wildman–Crippen LogP) is 1.92. The summed E-state index contributed by atoms with van der Waals surface area (Å²) in [7, 11) is 0. The summed E-state index contributed by atoms with van der Waals surface area (Å²) in [6.07, 6.45) is 1.37. The Hall–Kier alpha value is -2.93. The summed E-state index contributed by atoms with van der Waals surface area (Å²) in [6.45, 7) is 0. The second-order valence-corrected chi connectivity index (χ2v) is 4.83. The molecular formula is C15H13N3O3S. The molecule has 0 amide bonds. The standard InChI is InChI=1S/C15H13N3O3S/c16-15(22)18-17-8-12-7-10(4-5-13(12)19)9-2-1-3-11(6-9)14(20)21/h1-8,19H,(H,20,21)(H3,16,18,22). The number of carboxylic acids is 1. The number of phenols is 1. The second-order valence-electron chi connectivity index (χ2n) is 4.39. The molecule has 0 aliphatic heterocycles. The number of carbonyl (C=O) groups is 1. The van der Waals surface area contributed by atoms with Crippen molar-refractivity contribution in [2.75, 3.05) is 0 Å². The van der Waals surface area contributed by atoms with Gasteiger partial charge in [0.1, 0.15) is 5.75 Å². The number of nitrogens with two attached hydrogens (primary N) is 1. The van der Waals surface area contributed by atoms with Crippen LogP contribution in [-0.4, -0.2) is 27.5 Å². The molecule has 0 saturated carbocycles. The maximum atomic E-state index is 11.0. The predicted molar refractivity (Wildman–Crippen MR) is 88.0 cm³/mol. The number of benzene rings is 2. The van der Waals surface area contributed by atoms with Gasteiger partial charge in [0.2, 0.25) is 0 Å². The first-order valence-corrected chi connectivity index (χ1v) is 6.63. The van der Waals surface area contributed by atoms with E-state index in [1.807, 2.05) is 0 Å². The Balaban J connectivity index is 2.36. The van der Waals surface area contributed by atoms with Crippen LogP contribution in [-0.2, 0) is 0 Å². The van der Waals surface area contributed by atoms with Crippen LogP contribution in [0.4, 0.5) is 0 Å². The van der Waals surface area contributed by atoms with Crippen molar-refractivity contribution in [1.82, 2.24) is 5.43 Å². The average Bonchev–Trinajstić information content (AvgIpc) is 2.49. The van der Waals surface area contributed by atoms with Crippen molar-refractivity contribution in [3.63, 3.8) is 0 Å². The summed E-state index contributed by atoms with van der Waals surface area (Å²) in [4.78, 5) is 11.0. The lowest BCUT2D eigenvalue weighted by Gasteiger charge is -2.06. The number of phenolic OH excluding ortho intramolecular Hbond substituents is 1. The Kier molecular flexibility index (Phi) is 4.70. The summed E-state index contributed by atoms with van der Waals surface area (Å²) in [6, 6.07) is 11.4. The van der Waals surface area contributed by atoms with Crippen molar-refractivity contribution in [1.29, 1.82) is 0 Å². The lowest BCUT2D eigenvalue weighted by molar-refractivity contribution is 0.0697. The Morgan fingerprint density at radius 3 is 2.64 bits per heavy atom. The Bertz CT molecular complexity index is 759. The number of aromatic carboxylic acids is 1. The van der Waals surface area contributed by atoms with E-state index in [-0.39, 0.29) is 16.4 Å². The molecule has 0 aliphatic rings. The van der Waals surface area contributed by atoms with Gasteiger partial charge in [0.25, 0.3) is 0 Å². The molecule has 2 aromatic carbocycles. The number of rotatable bonds is 4. The highest BCUT2D eigenvalue weighted by Crippen LogP contribution is 2.25. The van der Waals surface area contributed by atoms with E-state index in [1.54, 1.807) is 30.3 Å². The van der Waals surface area contributed by atoms with Crippen LogP contribution in [0.5, 0.6) is 5.75 Å². The third-order valence-corrected chi connectivity index (χ3v) is 2.94. The van der Waals surface area contributed by atoms with Crippen LogP contribution in [0.15, 0.2) is 47.6 Å². The van der Waals surface area contributed by atoms with Gasteiger partial charge in [-0.3, -0.25) is 5.43 Å². The summed E-state index contributed by atoms with van der Waals surface area (Å²) >= 11 is 4.62. The monoisotopic (exact) mass is 315 g/mol. The first kappa shape index (κ1) is 15.5. The van der Waals surface area contributed by atoms with Crippen LogP contribution < -0.4 is 11.2 Å². The summed E-state index contributed by atoms with van der Waals surface area (Å²) in [5, 5.41) is 22.6. The number of aromatic hydroxyl groups is 1. The van der Waals surface area contributed by atoms with Gasteiger partial charge in [0, 0.05) is 5.56 Å². The Morgan fingerprint density at radius 2 is 1.95 bits per heavy atom. The fourth-order valence-electron chi connectivity index (χ4n) is 1.83. The number of nitrogens with one attached hydrogen (secondary N) is 1. The van der Waals surface area contributed by atoms with Crippen molar-refractivity contribution in [2.45, 2.75) is 0 Å². The topological polar surface area (TPSA) is 108 Å². The molecule has 6 nitrogen and oxygen atoms in total. The smallest absolute Gasteiger partial charge is 0.335 e. The van der Waals surface area contributed by atoms with Gasteiger partial charge in [0.05, 0.1) is 11.8 Å². The van der Waals surface area contributed by atoms with Gasteiger partial charge in [-0.05, 0) is 47.6 Å². The van der Waals surface area contributed by atoms with Crippen LogP contribution >= 0.6 is 12.2 Å². The molecule has 7 heteroatoms. The van der Waals surface area contributed by atoms with E-state index in [0.29, 0.717) is 5.56 Å². The number of nitrogens with zero attached hydrogens (tertiary/aromatic N) is 1. The highest BCUT2D eigenvalue weighted by Gasteiger charge is 2.07. The number of hydrogen-bond donors (Lipinski definition) is 4. The van der Waals surface area contributed by atoms with E-state index in [2.05, 4.69) is 22.7 Å². The van der Waals surface area contributed by atoms with Crippen molar-refractivity contribution in [3.05, 3.63) is 53.6 Å². The molecule has 2 aromatic rings. The van der Waals surface area contributed by atoms with E-state index < -0.39 is 5.97 Å². The fraction of sp³-hybridized carbons (Fsp3) is 0. The van der Waals surface area contributed by atoms with Crippen LogP contribution in [0.3, 0.4) is 0 Å². The van der Waals surface area contributed by atoms with Crippen molar-refractivity contribution >= 4 is 29.5 Å². The normalized spacial score (nSPS) is 10.5. The molecule has 0 heterocycles. The fourth-order valence-corrected chi connectivity index (χ4v) is 1.89. The molecule has 0 atom stereocenters. The third-order valence-electron chi connectivity index (χ3n) is 2.85. The molecule has 2 rings (SSSR count). The van der Waals surface area contributed by atoms with Crippen molar-refractivity contribution in [3.8, 4) is 16.9 Å². The summed E-state index contributed by atoms with van der Waals surface area (Å²) in [5.74, 6) is -0.963. The van der Waals surface area contributed by atoms with E-state index in [1.165, 1.54) is 18.3 Å². The maximum absolute atomic E-state index is 11.0. The highest BCUT2D eigenvalue weighted by atomic mass is 32.1. The van der Waals surface area contributed by atoms with Crippen LogP contribution in [0.1, 0.15) is 15.9 Å². The van der Waals surface area contributed by atoms with Crippen LogP contribution in [0.2, 0.25) is 0 Å².